The van der Waals surface area contributed by atoms with Gasteiger partial charge in [0.05, 0.1) is 0 Å². The van der Waals surface area contributed by atoms with E-state index in [4.69, 9.17) is 0 Å². The van der Waals surface area contributed by atoms with Gasteiger partial charge in [0, 0.05) is 14.6 Å². The van der Waals surface area contributed by atoms with Crippen LogP contribution in [0.25, 0.3) is 6.08 Å². The first-order valence-electron chi connectivity index (χ1n) is 6.03. The standard InChI is InChI=1S/C16H10Br2N2O/c17-13-5-3-6-14(9-13)20-16(21)12(10-19)8-11-4-1-2-7-15(11)18/h1-9H,(H,20,21)/b12-8-. The normalized spacial score (nSPS) is 10.8. The third-order valence-corrected chi connectivity index (χ3v) is 3.87. The number of halogens is 2. The predicted octanol–water partition coefficient (Wildman–Crippen LogP) is 4.76. The van der Waals surface area contributed by atoms with Crippen molar-refractivity contribution in [2.75, 3.05) is 5.32 Å². The van der Waals surface area contributed by atoms with E-state index in [1.807, 2.05) is 42.5 Å². The van der Waals surface area contributed by atoms with Gasteiger partial charge in [0.1, 0.15) is 11.6 Å². The Kier molecular flexibility index (Phi) is 5.32. The third-order valence-electron chi connectivity index (χ3n) is 2.65. The molecule has 2 rings (SSSR count). The number of amides is 1. The van der Waals surface area contributed by atoms with Crippen molar-refractivity contribution >= 4 is 49.5 Å². The van der Waals surface area contributed by atoms with Crippen molar-refractivity contribution in [2.45, 2.75) is 0 Å². The number of benzene rings is 2. The molecule has 0 bridgehead atoms. The number of hydrogen-bond acceptors (Lipinski definition) is 2. The molecule has 5 heteroatoms. The zero-order valence-corrected chi connectivity index (χ0v) is 14.0. The summed E-state index contributed by atoms with van der Waals surface area (Å²) in [6, 6.07) is 16.5. The highest BCUT2D eigenvalue weighted by Crippen LogP contribution is 2.20. The minimum atomic E-state index is -0.439. The van der Waals surface area contributed by atoms with Crippen LogP contribution in [-0.2, 0) is 4.79 Å². The molecule has 0 fully saturated rings. The van der Waals surface area contributed by atoms with Crippen LogP contribution in [0.15, 0.2) is 63.0 Å². The first-order chi connectivity index (χ1) is 10.1. The van der Waals surface area contributed by atoms with E-state index >= 15 is 0 Å². The van der Waals surface area contributed by atoms with Gasteiger partial charge >= 0.3 is 0 Å². The van der Waals surface area contributed by atoms with E-state index in [1.165, 1.54) is 0 Å². The summed E-state index contributed by atoms with van der Waals surface area (Å²) < 4.78 is 1.68. The summed E-state index contributed by atoms with van der Waals surface area (Å²) in [6.07, 6.45) is 1.55. The van der Waals surface area contributed by atoms with Gasteiger partial charge in [0.15, 0.2) is 0 Å². The number of carbonyl (C=O) groups is 1. The van der Waals surface area contributed by atoms with Crippen LogP contribution in [0, 0.1) is 11.3 Å². The largest absolute Gasteiger partial charge is 0.321 e. The van der Waals surface area contributed by atoms with Crippen molar-refractivity contribution in [3.8, 4) is 6.07 Å². The molecule has 2 aromatic rings. The fraction of sp³-hybridized carbons (Fsp3) is 0. The summed E-state index contributed by atoms with van der Waals surface area (Å²) in [7, 11) is 0. The van der Waals surface area contributed by atoms with Crippen LogP contribution in [-0.4, -0.2) is 5.91 Å². The molecule has 0 unspecified atom stereocenters. The lowest BCUT2D eigenvalue weighted by Crippen LogP contribution is -2.13. The van der Waals surface area contributed by atoms with Crippen molar-refractivity contribution < 1.29 is 4.79 Å². The molecule has 3 nitrogen and oxygen atoms in total. The molecule has 0 aliphatic rings. The molecule has 0 atom stereocenters. The number of rotatable bonds is 3. The third kappa shape index (κ3) is 4.28. The number of carbonyl (C=O) groups excluding carboxylic acids is 1. The van der Waals surface area contributed by atoms with Crippen LogP contribution in [0.5, 0.6) is 0 Å². The monoisotopic (exact) mass is 404 g/mol. The summed E-state index contributed by atoms with van der Waals surface area (Å²) in [5, 5.41) is 11.9. The highest BCUT2D eigenvalue weighted by Gasteiger charge is 2.10. The van der Waals surface area contributed by atoms with Gasteiger partial charge in [0.25, 0.3) is 5.91 Å². The zero-order valence-electron chi connectivity index (χ0n) is 10.8. The fourth-order valence-corrected chi connectivity index (χ4v) is 2.46. The van der Waals surface area contributed by atoms with E-state index in [-0.39, 0.29) is 5.57 Å². The van der Waals surface area contributed by atoms with Crippen molar-refractivity contribution in [1.82, 2.24) is 0 Å². The van der Waals surface area contributed by atoms with Gasteiger partial charge in [-0.2, -0.15) is 5.26 Å². The molecule has 2 aromatic carbocycles. The van der Waals surface area contributed by atoms with E-state index in [0.29, 0.717) is 5.69 Å². The first kappa shape index (κ1) is 15.5. The Labute approximate surface area is 139 Å². The summed E-state index contributed by atoms with van der Waals surface area (Å²) in [5.74, 6) is -0.439. The molecule has 1 N–H and O–H groups in total. The molecule has 0 radical (unpaired) electrons. The Morgan fingerprint density at radius 1 is 1.14 bits per heavy atom. The number of nitrogens with zero attached hydrogens (tertiary/aromatic N) is 1. The van der Waals surface area contributed by atoms with Crippen molar-refractivity contribution in [3.63, 3.8) is 0 Å². The molecule has 0 saturated carbocycles. The maximum absolute atomic E-state index is 12.1. The fourth-order valence-electron chi connectivity index (χ4n) is 1.66. The molecule has 104 valence electrons. The quantitative estimate of drug-likeness (QED) is 0.591. The molecule has 0 aliphatic heterocycles. The number of anilines is 1. The van der Waals surface area contributed by atoms with Crippen LogP contribution in [0.1, 0.15) is 5.56 Å². The molecule has 0 aliphatic carbocycles. The van der Waals surface area contributed by atoms with E-state index in [0.717, 1.165) is 14.5 Å². The highest BCUT2D eigenvalue weighted by molar-refractivity contribution is 9.10. The zero-order chi connectivity index (χ0) is 15.2. The van der Waals surface area contributed by atoms with Gasteiger partial charge < -0.3 is 5.32 Å². The van der Waals surface area contributed by atoms with Gasteiger partial charge in [-0.3, -0.25) is 4.79 Å². The van der Waals surface area contributed by atoms with Crippen molar-refractivity contribution in [3.05, 3.63) is 68.6 Å². The number of nitrogens with one attached hydrogen (secondary N) is 1. The summed E-state index contributed by atoms with van der Waals surface area (Å²) in [5.41, 5.74) is 1.45. The Hall–Kier alpha value is -1.90. The van der Waals surface area contributed by atoms with Gasteiger partial charge in [-0.25, -0.2) is 0 Å². The summed E-state index contributed by atoms with van der Waals surface area (Å²) >= 11 is 6.72. The second-order valence-electron chi connectivity index (χ2n) is 4.16. The molecule has 0 heterocycles. The predicted molar refractivity (Wildman–Crippen MR) is 90.5 cm³/mol. The first-order valence-corrected chi connectivity index (χ1v) is 7.62. The Balaban J connectivity index is 2.24. The Morgan fingerprint density at radius 2 is 1.90 bits per heavy atom. The van der Waals surface area contributed by atoms with Crippen molar-refractivity contribution in [2.24, 2.45) is 0 Å². The minimum absolute atomic E-state index is 0.0434. The summed E-state index contributed by atoms with van der Waals surface area (Å²) in [6.45, 7) is 0. The molecule has 0 saturated heterocycles. The lowest BCUT2D eigenvalue weighted by atomic mass is 10.1. The van der Waals surface area contributed by atoms with Gasteiger partial charge in [-0.05, 0) is 35.9 Å². The summed E-state index contributed by atoms with van der Waals surface area (Å²) in [4.78, 5) is 12.1. The van der Waals surface area contributed by atoms with E-state index in [1.54, 1.807) is 18.2 Å². The van der Waals surface area contributed by atoms with Crippen LogP contribution < -0.4 is 5.32 Å². The Bertz CT molecular complexity index is 748. The lowest BCUT2D eigenvalue weighted by Gasteiger charge is -2.05. The number of hydrogen-bond donors (Lipinski definition) is 1. The molecule has 1 amide bonds. The molecular weight excluding hydrogens is 396 g/mol. The maximum atomic E-state index is 12.1. The van der Waals surface area contributed by atoms with Crippen LogP contribution >= 0.6 is 31.9 Å². The Morgan fingerprint density at radius 3 is 2.57 bits per heavy atom. The molecule has 0 aromatic heterocycles. The highest BCUT2D eigenvalue weighted by atomic mass is 79.9. The van der Waals surface area contributed by atoms with Gasteiger partial charge in [-0.1, -0.05) is 56.1 Å². The van der Waals surface area contributed by atoms with E-state index in [9.17, 15) is 10.1 Å². The van der Waals surface area contributed by atoms with Crippen LogP contribution in [0.3, 0.4) is 0 Å². The smallest absolute Gasteiger partial charge is 0.266 e. The van der Waals surface area contributed by atoms with E-state index < -0.39 is 5.91 Å². The molecular formula is C16H10Br2N2O. The van der Waals surface area contributed by atoms with Crippen LogP contribution in [0.2, 0.25) is 0 Å². The van der Waals surface area contributed by atoms with Crippen molar-refractivity contribution in [1.29, 1.82) is 5.26 Å². The molecule has 21 heavy (non-hydrogen) atoms. The average molecular weight is 406 g/mol. The molecule has 0 spiro atoms. The minimum Gasteiger partial charge on any atom is -0.321 e. The average Bonchev–Trinajstić information content (AvgIpc) is 2.46. The van der Waals surface area contributed by atoms with E-state index in [2.05, 4.69) is 37.2 Å². The second kappa shape index (κ2) is 7.21. The number of nitriles is 1. The SMILES string of the molecule is N#C/C(=C/c1ccccc1Br)C(=O)Nc1cccc(Br)c1. The topological polar surface area (TPSA) is 52.9 Å². The van der Waals surface area contributed by atoms with Gasteiger partial charge in [-0.15, -0.1) is 0 Å². The second-order valence-corrected chi connectivity index (χ2v) is 5.93. The van der Waals surface area contributed by atoms with Crippen LogP contribution in [0.4, 0.5) is 5.69 Å². The maximum Gasteiger partial charge on any atom is 0.266 e. The van der Waals surface area contributed by atoms with Gasteiger partial charge in [0.2, 0.25) is 0 Å². The lowest BCUT2D eigenvalue weighted by molar-refractivity contribution is -0.112.